The number of aromatic nitrogens is 6. The number of carbonyl (C=O) groups is 1. The first kappa shape index (κ1) is 24.3. The number of halogens is 1. The summed E-state index contributed by atoms with van der Waals surface area (Å²) >= 11 is 0. The summed E-state index contributed by atoms with van der Waals surface area (Å²) in [7, 11) is -3.97. The SMILES string of the molecule is CCn1nncc1S(=O)(=O)N1CCC2=Cc3c(cnn3-c3ccc(F)cc3)CC2(C(=O)c2ccccn2)C1. The Hall–Kier alpha value is -4.03. The Labute approximate surface area is 218 Å². The smallest absolute Gasteiger partial charge is 0.261 e. The van der Waals surface area contributed by atoms with Crippen LogP contribution in [0.1, 0.15) is 35.1 Å². The monoisotopic (exact) mass is 533 g/mol. The fourth-order valence-corrected chi connectivity index (χ4v) is 6.95. The van der Waals surface area contributed by atoms with E-state index in [1.165, 1.54) is 27.3 Å². The maximum absolute atomic E-state index is 14.1. The number of ketones is 1. The second-order valence-corrected chi connectivity index (χ2v) is 11.3. The van der Waals surface area contributed by atoms with Crippen LogP contribution in [-0.4, -0.2) is 61.4 Å². The zero-order valence-electron chi connectivity index (χ0n) is 20.5. The van der Waals surface area contributed by atoms with Crippen LogP contribution in [0, 0.1) is 11.2 Å². The molecule has 2 aliphatic rings. The zero-order valence-corrected chi connectivity index (χ0v) is 21.3. The van der Waals surface area contributed by atoms with Crippen LogP contribution in [-0.2, 0) is 23.0 Å². The van der Waals surface area contributed by atoms with E-state index in [1.807, 2.05) is 6.08 Å². The lowest BCUT2D eigenvalue weighted by atomic mass is 9.65. The highest BCUT2D eigenvalue weighted by Gasteiger charge is 2.51. The molecule has 194 valence electrons. The predicted octanol–water partition coefficient (Wildman–Crippen LogP) is 2.92. The molecule has 0 spiro atoms. The minimum absolute atomic E-state index is 0.00603. The van der Waals surface area contributed by atoms with Crippen LogP contribution in [0.5, 0.6) is 0 Å². The average molecular weight is 534 g/mol. The summed E-state index contributed by atoms with van der Waals surface area (Å²) < 4.78 is 45.3. The standard InChI is InChI=1S/C26H24FN7O3S/c1-2-33-24(16-29-31-33)38(36,37)32-12-10-19-13-23-18(15-30-34(23)21-8-6-20(27)7-9-21)14-26(19,17-32)25(35)22-5-3-4-11-28-22/h3-9,11,13,15-16H,2,10,12,14,17H2,1H3. The molecule has 10 nitrogen and oxygen atoms in total. The molecular formula is C26H24FN7O3S. The first-order valence-corrected chi connectivity index (χ1v) is 13.7. The van der Waals surface area contributed by atoms with E-state index >= 15 is 0 Å². The fourth-order valence-electron chi connectivity index (χ4n) is 5.35. The molecule has 0 saturated carbocycles. The van der Waals surface area contributed by atoms with Gasteiger partial charge >= 0.3 is 0 Å². The Bertz CT molecular complexity index is 1660. The van der Waals surface area contributed by atoms with Crippen LogP contribution in [0.25, 0.3) is 11.8 Å². The summed E-state index contributed by atoms with van der Waals surface area (Å²) in [5.41, 5.74) is 2.20. The molecule has 4 aromatic rings. The van der Waals surface area contributed by atoms with E-state index in [4.69, 9.17) is 0 Å². The van der Waals surface area contributed by atoms with E-state index in [-0.39, 0.29) is 41.8 Å². The fraction of sp³-hybridized carbons (Fsp3) is 0.269. The van der Waals surface area contributed by atoms with E-state index in [0.717, 1.165) is 16.8 Å². The molecule has 38 heavy (non-hydrogen) atoms. The Morgan fingerprint density at radius 1 is 1.13 bits per heavy atom. The van der Waals surface area contributed by atoms with Crippen LogP contribution in [0.15, 0.2) is 71.7 Å². The molecule has 0 amide bonds. The number of aryl methyl sites for hydroxylation is 1. The van der Waals surface area contributed by atoms with Crippen molar-refractivity contribution >= 4 is 21.9 Å². The van der Waals surface area contributed by atoms with Gasteiger partial charge in [0.25, 0.3) is 10.0 Å². The summed E-state index contributed by atoms with van der Waals surface area (Å²) in [6.45, 7) is 2.28. The van der Waals surface area contributed by atoms with Gasteiger partial charge in [0.15, 0.2) is 10.8 Å². The van der Waals surface area contributed by atoms with E-state index in [2.05, 4.69) is 20.4 Å². The van der Waals surface area contributed by atoms with Gasteiger partial charge in [-0.15, -0.1) is 5.10 Å². The Morgan fingerprint density at radius 2 is 1.95 bits per heavy atom. The number of pyridine rings is 1. The van der Waals surface area contributed by atoms with Crippen LogP contribution in [0.3, 0.4) is 0 Å². The summed E-state index contributed by atoms with van der Waals surface area (Å²) in [6.07, 6.45) is 7.00. The number of rotatable bonds is 6. The molecule has 12 heteroatoms. The number of piperidine rings is 1. The van der Waals surface area contributed by atoms with Crippen molar-refractivity contribution in [2.75, 3.05) is 13.1 Å². The number of Topliss-reactive ketones (excluding diaryl/α,β-unsaturated/α-hetero) is 1. The zero-order chi connectivity index (χ0) is 26.5. The second-order valence-electron chi connectivity index (χ2n) is 9.39. The average Bonchev–Trinajstić information content (AvgIpc) is 3.59. The molecule has 3 aromatic heterocycles. The van der Waals surface area contributed by atoms with Gasteiger partial charge < -0.3 is 0 Å². The number of sulfonamides is 1. The van der Waals surface area contributed by atoms with Crippen LogP contribution in [0.2, 0.25) is 0 Å². The van der Waals surface area contributed by atoms with Gasteiger partial charge in [0.1, 0.15) is 11.5 Å². The predicted molar refractivity (Wildman–Crippen MR) is 135 cm³/mol. The van der Waals surface area contributed by atoms with Crippen molar-refractivity contribution in [1.82, 2.24) is 34.1 Å². The first-order chi connectivity index (χ1) is 18.3. The molecule has 1 atom stereocenters. The van der Waals surface area contributed by atoms with Gasteiger partial charge in [0.2, 0.25) is 0 Å². The highest BCUT2D eigenvalue weighted by Crippen LogP contribution is 2.47. The van der Waals surface area contributed by atoms with E-state index in [9.17, 15) is 17.6 Å². The number of fused-ring (bicyclic) bond motifs is 2. The Kier molecular flexibility index (Phi) is 5.80. The third-order valence-corrected chi connectivity index (χ3v) is 9.11. The van der Waals surface area contributed by atoms with Crippen LogP contribution in [0.4, 0.5) is 4.39 Å². The van der Waals surface area contributed by atoms with E-state index < -0.39 is 15.4 Å². The van der Waals surface area contributed by atoms with Crippen molar-refractivity contribution < 1.29 is 17.6 Å². The molecule has 1 aromatic carbocycles. The van der Waals surface area contributed by atoms with Gasteiger partial charge in [-0.1, -0.05) is 16.9 Å². The number of benzene rings is 1. The molecule has 1 aliphatic carbocycles. The van der Waals surface area contributed by atoms with E-state index in [1.54, 1.807) is 54.3 Å². The molecule has 4 heterocycles. The third-order valence-electron chi connectivity index (χ3n) is 7.27. The first-order valence-electron chi connectivity index (χ1n) is 12.2. The number of nitrogens with zero attached hydrogens (tertiary/aromatic N) is 7. The normalized spacial score (nSPS) is 19.5. The minimum atomic E-state index is -3.97. The number of hydrogen-bond donors (Lipinski definition) is 0. The van der Waals surface area contributed by atoms with Gasteiger partial charge in [-0.3, -0.25) is 9.78 Å². The topological polar surface area (TPSA) is 116 Å². The molecule has 0 N–H and O–H groups in total. The lowest BCUT2D eigenvalue weighted by Crippen LogP contribution is -2.53. The maximum atomic E-state index is 14.1. The molecule has 1 unspecified atom stereocenters. The van der Waals surface area contributed by atoms with Crippen molar-refractivity contribution in [3.8, 4) is 5.69 Å². The van der Waals surface area contributed by atoms with Gasteiger partial charge in [0.05, 0.1) is 29.2 Å². The van der Waals surface area contributed by atoms with Crippen molar-refractivity contribution in [2.24, 2.45) is 5.41 Å². The number of hydrogen-bond acceptors (Lipinski definition) is 7. The Balaban J connectivity index is 1.45. The van der Waals surface area contributed by atoms with Crippen molar-refractivity contribution in [1.29, 1.82) is 0 Å². The maximum Gasteiger partial charge on any atom is 0.261 e. The van der Waals surface area contributed by atoms with Gasteiger partial charge in [0, 0.05) is 25.8 Å². The highest BCUT2D eigenvalue weighted by molar-refractivity contribution is 7.89. The molecular weight excluding hydrogens is 509 g/mol. The molecule has 0 bridgehead atoms. The highest BCUT2D eigenvalue weighted by atomic mass is 32.2. The summed E-state index contributed by atoms with van der Waals surface area (Å²) in [6, 6.07) is 11.1. The van der Waals surface area contributed by atoms with Crippen molar-refractivity contribution in [3.05, 3.63) is 89.4 Å². The van der Waals surface area contributed by atoms with Crippen LogP contribution >= 0.6 is 0 Å². The van der Waals surface area contributed by atoms with Gasteiger partial charge in [-0.05, 0) is 67.8 Å². The minimum Gasteiger partial charge on any atom is -0.291 e. The molecule has 1 saturated heterocycles. The van der Waals surface area contributed by atoms with E-state index in [0.29, 0.717) is 18.7 Å². The molecule has 1 fully saturated rings. The summed E-state index contributed by atoms with van der Waals surface area (Å²) in [4.78, 5) is 18.4. The lowest BCUT2D eigenvalue weighted by Gasteiger charge is -2.44. The van der Waals surface area contributed by atoms with Gasteiger partial charge in [-0.25, -0.2) is 22.2 Å². The van der Waals surface area contributed by atoms with Crippen molar-refractivity contribution in [3.63, 3.8) is 0 Å². The van der Waals surface area contributed by atoms with Crippen LogP contribution < -0.4 is 0 Å². The lowest BCUT2D eigenvalue weighted by molar-refractivity contribution is 0.0770. The molecule has 6 rings (SSSR count). The largest absolute Gasteiger partial charge is 0.291 e. The molecule has 1 aliphatic heterocycles. The Morgan fingerprint density at radius 3 is 2.68 bits per heavy atom. The number of carbonyl (C=O) groups excluding carboxylic acids is 1. The third kappa shape index (κ3) is 3.79. The quantitative estimate of drug-likeness (QED) is 0.350. The molecule has 0 radical (unpaired) electrons. The van der Waals surface area contributed by atoms with Crippen molar-refractivity contribution in [2.45, 2.75) is 31.3 Å². The summed E-state index contributed by atoms with van der Waals surface area (Å²) in [5.74, 6) is -0.590. The van der Waals surface area contributed by atoms with Gasteiger partial charge in [-0.2, -0.15) is 9.40 Å². The second kappa shape index (κ2) is 9.07. The summed E-state index contributed by atoms with van der Waals surface area (Å²) in [5, 5.41) is 12.2.